The van der Waals surface area contributed by atoms with Gasteiger partial charge in [0.1, 0.15) is 11.9 Å². The zero-order valence-electron chi connectivity index (χ0n) is 20.1. The molecule has 2 aromatic heterocycles. The van der Waals surface area contributed by atoms with Crippen LogP contribution < -0.4 is 4.90 Å². The Balaban J connectivity index is 0.00000267. The quantitative estimate of drug-likeness (QED) is 0.560. The molecule has 1 aromatic carbocycles. The van der Waals surface area contributed by atoms with Gasteiger partial charge in [0, 0.05) is 63.8 Å². The molecule has 3 aliphatic heterocycles. The molecule has 36 heavy (non-hydrogen) atoms. The fourth-order valence-corrected chi connectivity index (χ4v) is 5.95. The maximum Gasteiger partial charge on any atom is 0.157 e. The minimum atomic E-state index is 0. The minimum Gasteiger partial charge on any atom is -0.379 e. The number of benzene rings is 1. The minimum absolute atomic E-state index is 0. The van der Waals surface area contributed by atoms with Crippen molar-refractivity contribution in [1.82, 2.24) is 19.2 Å². The summed E-state index contributed by atoms with van der Waals surface area (Å²) in [6.45, 7) is 9.21. The number of imidazole rings is 1. The molecule has 0 aliphatic carbocycles. The lowest BCUT2D eigenvalue weighted by molar-refractivity contribution is 0.0327. The van der Waals surface area contributed by atoms with E-state index in [1.165, 1.54) is 11.4 Å². The number of rotatable bonds is 4. The van der Waals surface area contributed by atoms with Gasteiger partial charge in [0.15, 0.2) is 5.65 Å². The zero-order chi connectivity index (χ0) is 23.8. The molecular weight excluding hydrogens is 450 g/mol. The number of morpholine rings is 1. The first kappa shape index (κ1) is 24.5. The summed E-state index contributed by atoms with van der Waals surface area (Å²) >= 11 is 0. The highest BCUT2D eigenvalue weighted by molar-refractivity contribution is 5.86. The Morgan fingerprint density at radius 2 is 1.69 bits per heavy atom. The Bertz CT molecular complexity index is 1320. The molecule has 0 radical (unpaired) electrons. The second-order valence-electron chi connectivity index (χ2n) is 9.90. The molecule has 188 valence electrons. The number of hydrogen-bond acceptors (Lipinski definition) is 7. The molecule has 2 fully saturated rings. The van der Waals surface area contributed by atoms with Gasteiger partial charge in [-0.15, -0.1) is 0 Å². The maximum absolute atomic E-state index is 10.2. The molecular formula is C28H35N7O. The third-order valence-electron chi connectivity index (χ3n) is 7.92. The number of anilines is 1. The first-order valence-electron chi connectivity index (χ1n) is 12.8. The number of nitrogens with zero attached hydrogens (tertiary/aromatic N) is 7. The van der Waals surface area contributed by atoms with Gasteiger partial charge in [0.05, 0.1) is 35.9 Å². The molecule has 0 unspecified atom stereocenters. The number of nitriles is 2. The Kier molecular flexibility index (Phi) is 7.11. The first-order valence-corrected chi connectivity index (χ1v) is 12.8. The van der Waals surface area contributed by atoms with Crippen LogP contribution in [0.5, 0.6) is 0 Å². The number of aromatic nitrogens is 2. The lowest BCUT2D eigenvalue weighted by Crippen LogP contribution is -2.43. The van der Waals surface area contributed by atoms with Crippen molar-refractivity contribution in [2.45, 2.75) is 33.2 Å². The van der Waals surface area contributed by atoms with Crippen LogP contribution in [0.3, 0.4) is 0 Å². The van der Waals surface area contributed by atoms with Crippen molar-refractivity contribution in [3.8, 4) is 12.1 Å². The summed E-state index contributed by atoms with van der Waals surface area (Å²) in [5.74, 6) is 1.30. The SMILES string of the molecule is C.N#Cc1c2c(c(N3CCC(C#N)CC3)n3c1nc1ccccc13)CN(CCN1CCOCC1)CC2. The van der Waals surface area contributed by atoms with Crippen LogP contribution in [-0.2, 0) is 17.7 Å². The van der Waals surface area contributed by atoms with Crippen LogP contribution >= 0.6 is 0 Å². The van der Waals surface area contributed by atoms with Crippen molar-refractivity contribution >= 4 is 22.5 Å². The Labute approximate surface area is 213 Å². The Hall–Kier alpha value is -3.17. The normalized spacial score (nSPS) is 19.6. The van der Waals surface area contributed by atoms with Crippen molar-refractivity contribution in [3.63, 3.8) is 0 Å². The molecule has 8 heteroatoms. The maximum atomic E-state index is 10.2. The number of piperidine rings is 1. The molecule has 0 bridgehead atoms. The van der Waals surface area contributed by atoms with E-state index in [2.05, 4.69) is 37.3 Å². The summed E-state index contributed by atoms with van der Waals surface area (Å²) in [6, 6.07) is 13.2. The number of para-hydroxylation sites is 2. The lowest BCUT2D eigenvalue weighted by Gasteiger charge is -2.38. The van der Waals surface area contributed by atoms with E-state index in [4.69, 9.17) is 9.72 Å². The highest BCUT2D eigenvalue weighted by atomic mass is 16.5. The van der Waals surface area contributed by atoms with Crippen LogP contribution in [0.15, 0.2) is 24.3 Å². The molecule has 3 aromatic rings. The average Bonchev–Trinajstić information content (AvgIpc) is 3.30. The molecule has 0 N–H and O–H groups in total. The fraction of sp³-hybridized carbons (Fsp3) is 0.536. The van der Waals surface area contributed by atoms with Gasteiger partial charge in [-0.3, -0.25) is 14.2 Å². The van der Waals surface area contributed by atoms with Gasteiger partial charge in [0.25, 0.3) is 0 Å². The predicted molar refractivity (Wildman–Crippen MR) is 141 cm³/mol. The number of pyridine rings is 1. The van der Waals surface area contributed by atoms with Crippen molar-refractivity contribution in [3.05, 3.63) is 41.0 Å². The average molecular weight is 486 g/mol. The molecule has 0 saturated carbocycles. The van der Waals surface area contributed by atoms with Gasteiger partial charge in [-0.2, -0.15) is 10.5 Å². The third kappa shape index (κ3) is 4.30. The van der Waals surface area contributed by atoms with E-state index in [0.29, 0.717) is 0 Å². The standard InChI is InChI=1S/C27H31N7O.CH4/c28-17-20-5-9-33(10-6-20)27-23-19-32(12-11-31-13-15-35-16-14-31)8-7-21(23)22(18-29)26-30-24-3-1-2-4-25(24)34(26)27;/h1-4,20H,5-16,19H2;1H4. The summed E-state index contributed by atoms with van der Waals surface area (Å²) < 4.78 is 7.74. The molecule has 0 spiro atoms. The number of hydrogen-bond donors (Lipinski definition) is 0. The van der Waals surface area contributed by atoms with Crippen LogP contribution in [0.2, 0.25) is 0 Å². The van der Waals surface area contributed by atoms with E-state index in [1.54, 1.807) is 0 Å². The van der Waals surface area contributed by atoms with Crippen LogP contribution in [0.1, 0.15) is 37.0 Å². The Morgan fingerprint density at radius 1 is 0.944 bits per heavy atom. The summed E-state index contributed by atoms with van der Waals surface area (Å²) in [5, 5.41) is 19.7. The summed E-state index contributed by atoms with van der Waals surface area (Å²) in [6.07, 6.45) is 2.61. The summed E-state index contributed by atoms with van der Waals surface area (Å²) in [7, 11) is 0. The van der Waals surface area contributed by atoms with Gasteiger partial charge < -0.3 is 9.64 Å². The molecule has 8 nitrogen and oxygen atoms in total. The fourth-order valence-electron chi connectivity index (χ4n) is 5.95. The second kappa shape index (κ2) is 10.4. The topological polar surface area (TPSA) is 83.8 Å². The van der Waals surface area contributed by atoms with E-state index in [9.17, 15) is 10.5 Å². The van der Waals surface area contributed by atoms with Crippen LogP contribution in [-0.4, -0.2) is 78.2 Å². The van der Waals surface area contributed by atoms with Gasteiger partial charge in [-0.1, -0.05) is 19.6 Å². The molecule has 6 rings (SSSR count). The van der Waals surface area contributed by atoms with Gasteiger partial charge >= 0.3 is 0 Å². The van der Waals surface area contributed by atoms with Gasteiger partial charge in [-0.25, -0.2) is 4.98 Å². The molecule has 3 aliphatic rings. The van der Waals surface area contributed by atoms with E-state index >= 15 is 0 Å². The summed E-state index contributed by atoms with van der Waals surface area (Å²) in [4.78, 5) is 12.4. The number of fused-ring (bicyclic) bond motifs is 4. The van der Waals surface area contributed by atoms with Crippen LogP contribution in [0.4, 0.5) is 5.82 Å². The van der Waals surface area contributed by atoms with E-state index in [1.807, 2.05) is 18.2 Å². The smallest absolute Gasteiger partial charge is 0.157 e. The van der Waals surface area contributed by atoms with Crippen molar-refractivity contribution in [1.29, 1.82) is 10.5 Å². The predicted octanol–water partition coefficient (Wildman–Crippen LogP) is 3.43. The number of ether oxygens (including phenoxy) is 1. The van der Waals surface area contributed by atoms with Gasteiger partial charge in [-0.05, 0) is 37.0 Å². The highest BCUT2D eigenvalue weighted by Gasteiger charge is 2.31. The van der Waals surface area contributed by atoms with E-state index in [-0.39, 0.29) is 13.3 Å². The Morgan fingerprint density at radius 3 is 2.44 bits per heavy atom. The third-order valence-corrected chi connectivity index (χ3v) is 7.92. The largest absolute Gasteiger partial charge is 0.379 e. The van der Waals surface area contributed by atoms with E-state index < -0.39 is 0 Å². The lowest BCUT2D eigenvalue weighted by atomic mass is 9.93. The molecule has 0 amide bonds. The molecule has 5 heterocycles. The van der Waals surface area contributed by atoms with Crippen molar-refractivity contribution in [2.75, 3.05) is 63.9 Å². The van der Waals surface area contributed by atoms with E-state index in [0.717, 1.165) is 113 Å². The van der Waals surface area contributed by atoms with Crippen LogP contribution in [0.25, 0.3) is 16.7 Å². The summed E-state index contributed by atoms with van der Waals surface area (Å²) in [5.41, 5.74) is 5.89. The zero-order valence-corrected chi connectivity index (χ0v) is 20.1. The van der Waals surface area contributed by atoms with Crippen molar-refractivity contribution in [2.24, 2.45) is 5.92 Å². The molecule has 2 saturated heterocycles. The first-order chi connectivity index (χ1) is 17.3. The second-order valence-corrected chi connectivity index (χ2v) is 9.90. The van der Waals surface area contributed by atoms with Gasteiger partial charge in [0.2, 0.25) is 0 Å². The van der Waals surface area contributed by atoms with Crippen molar-refractivity contribution < 1.29 is 4.74 Å². The highest BCUT2D eigenvalue weighted by Crippen LogP contribution is 2.38. The monoisotopic (exact) mass is 485 g/mol. The van der Waals surface area contributed by atoms with Crippen LogP contribution in [0, 0.1) is 28.6 Å². The molecule has 0 atom stereocenters.